The average Bonchev–Trinajstić information content (AvgIpc) is 2.83. The van der Waals surface area contributed by atoms with Crippen molar-refractivity contribution in [3.8, 4) is 0 Å². The summed E-state index contributed by atoms with van der Waals surface area (Å²) in [6, 6.07) is 19.5. The quantitative estimate of drug-likeness (QED) is 0.391. The maximum Gasteiger partial charge on any atom is 0.410 e. The zero-order chi connectivity index (χ0) is 23.5. The zero-order valence-corrected chi connectivity index (χ0v) is 19.4. The molecule has 1 saturated heterocycles. The van der Waals surface area contributed by atoms with Gasteiger partial charge in [0, 0.05) is 12.1 Å². The summed E-state index contributed by atoms with van der Waals surface area (Å²) in [5.41, 5.74) is 2.03. The topological polar surface area (TPSA) is 65.1 Å². The lowest BCUT2D eigenvalue weighted by molar-refractivity contribution is -0.134. The highest BCUT2D eigenvalue weighted by Crippen LogP contribution is 2.31. The van der Waals surface area contributed by atoms with Crippen LogP contribution in [0, 0.1) is 5.92 Å². The van der Waals surface area contributed by atoms with E-state index in [-0.39, 0.29) is 24.8 Å². The van der Waals surface area contributed by atoms with E-state index < -0.39 is 5.97 Å². The van der Waals surface area contributed by atoms with Gasteiger partial charge in [0.2, 0.25) is 0 Å². The number of hydrogen-bond donors (Lipinski definition) is 0. The Kier molecular flexibility index (Phi) is 9.51. The molecule has 0 radical (unpaired) electrons. The Hall–Kier alpha value is -3.12. The molecule has 6 heteroatoms. The molecule has 3 atom stereocenters. The van der Waals surface area contributed by atoms with Crippen LogP contribution in [0.4, 0.5) is 4.79 Å². The Bertz CT molecular complexity index is 899. The van der Waals surface area contributed by atoms with Crippen molar-refractivity contribution in [2.45, 2.75) is 51.5 Å². The van der Waals surface area contributed by atoms with Gasteiger partial charge in [-0.1, -0.05) is 73.7 Å². The van der Waals surface area contributed by atoms with Crippen molar-refractivity contribution in [1.82, 2.24) is 4.90 Å². The SMILES string of the molecule is COC(=O)/C=C/C[C@@H]1C[C@H](C)C[C@@H](COCc2ccccc2)N1C(=O)OCc1ccccc1. The molecule has 1 amide bonds. The number of likely N-dealkylation sites (tertiary alicyclic amines) is 1. The van der Waals surface area contributed by atoms with Crippen LogP contribution in [0.2, 0.25) is 0 Å². The first-order valence-corrected chi connectivity index (χ1v) is 11.4. The van der Waals surface area contributed by atoms with E-state index in [0.29, 0.717) is 25.6 Å². The molecule has 1 aliphatic rings. The number of methoxy groups -OCH3 is 1. The van der Waals surface area contributed by atoms with E-state index >= 15 is 0 Å². The van der Waals surface area contributed by atoms with Crippen molar-refractivity contribution >= 4 is 12.1 Å². The summed E-state index contributed by atoms with van der Waals surface area (Å²) >= 11 is 0. The number of piperidine rings is 1. The van der Waals surface area contributed by atoms with E-state index in [4.69, 9.17) is 9.47 Å². The largest absolute Gasteiger partial charge is 0.466 e. The molecule has 0 spiro atoms. The summed E-state index contributed by atoms with van der Waals surface area (Å²) in [5, 5.41) is 0. The fraction of sp³-hybridized carbons (Fsp3) is 0.407. The van der Waals surface area contributed by atoms with E-state index in [0.717, 1.165) is 24.0 Å². The number of carbonyl (C=O) groups is 2. The molecule has 0 aliphatic carbocycles. The molecule has 3 rings (SSSR count). The van der Waals surface area contributed by atoms with Crippen molar-refractivity contribution in [1.29, 1.82) is 0 Å². The molecule has 1 fully saturated rings. The maximum absolute atomic E-state index is 13.2. The van der Waals surface area contributed by atoms with Gasteiger partial charge in [-0.3, -0.25) is 4.90 Å². The van der Waals surface area contributed by atoms with E-state index in [1.807, 2.05) is 65.6 Å². The maximum atomic E-state index is 13.2. The second-order valence-electron chi connectivity index (χ2n) is 8.49. The van der Waals surface area contributed by atoms with Gasteiger partial charge in [0.25, 0.3) is 0 Å². The van der Waals surface area contributed by atoms with Crippen molar-refractivity contribution in [2.75, 3.05) is 13.7 Å². The lowest BCUT2D eigenvalue weighted by atomic mass is 9.86. The van der Waals surface area contributed by atoms with Gasteiger partial charge in [0.1, 0.15) is 6.61 Å². The van der Waals surface area contributed by atoms with E-state index in [2.05, 4.69) is 11.7 Å². The monoisotopic (exact) mass is 451 g/mol. The molecule has 2 aromatic carbocycles. The van der Waals surface area contributed by atoms with E-state index in [1.165, 1.54) is 13.2 Å². The van der Waals surface area contributed by atoms with Crippen LogP contribution in [0.5, 0.6) is 0 Å². The summed E-state index contributed by atoms with van der Waals surface area (Å²) < 4.78 is 16.4. The fourth-order valence-corrected chi connectivity index (χ4v) is 4.28. The first-order chi connectivity index (χ1) is 16.1. The Morgan fingerprint density at radius 1 is 0.939 bits per heavy atom. The minimum Gasteiger partial charge on any atom is -0.466 e. The van der Waals surface area contributed by atoms with E-state index in [9.17, 15) is 9.59 Å². The smallest absolute Gasteiger partial charge is 0.410 e. The average molecular weight is 452 g/mol. The number of hydrogen-bond acceptors (Lipinski definition) is 5. The van der Waals surface area contributed by atoms with Crippen LogP contribution >= 0.6 is 0 Å². The molecule has 0 unspecified atom stereocenters. The molecule has 176 valence electrons. The van der Waals surface area contributed by atoms with Gasteiger partial charge < -0.3 is 14.2 Å². The van der Waals surface area contributed by atoms with Crippen LogP contribution in [0.3, 0.4) is 0 Å². The molecule has 6 nitrogen and oxygen atoms in total. The van der Waals surface area contributed by atoms with Gasteiger partial charge in [-0.15, -0.1) is 0 Å². The number of carbonyl (C=O) groups excluding carboxylic acids is 2. The zero-order valence-electron chi connectivity index (χ0n) is 19.4. The standard InChI is InChI=1S/C27H33NO5/c1-21-16-24(14-9-15-26(29)31-2)28(27(30)33-19-23-12-7-4-8-13-23)25(17-21)20-32-18-22-10-5-3-6-11-22/h3-13,15,21,24-25H,14,16-20H2,1-2H3/b15-9+/t21-,24+,25-/m0/s1. The molecular formula is C27H33NO5. The third-order valence-corrected chi connectivity index (χ3v) is 5.84. The van der Waals surface area contributed by atoms with Crippen LogP contribution in [0.15, 0.2) is 72.8 Å². The number of nitrogens with zero attached hydrogens (tertiary/aromatic N) is 1. The second kappa shape index (κ2) is 12.8. The molecule has 1 heterocycles. The normalized spacial score (nSPS) is 20.5. The van der Waals surface area contributed by atoms with Gasteiger partial charge in [0.15, 0.2) is 0 Å². The van der Waals surface area contributed by atoms with Crippen molar-refractivity contribution in [2.24, 2.45) is 5.92 Å². The van der Waals surface area contributed by atoms with Crippen LogP contribution in [0.25, 0.3) is 0 Å². The molecule has 0 bridgehead atoms. The number of benzene rings is 2. The number of amides is 1. The predicted octanol–water partition coefficient (Wildman–Crippen LogP) is 5.13. The first kappa shape index (κ1) is 24.5. The molecule has 33 heavy (non-hydrogen) atoms. The molecule has 0 aromatic heterocycles. The molecule has 2 aromatic rings. The molecule has 0 N–H and O–H groups in total. The lowest BCUT2D eigenvalue weighted by Crippen LogP contribution is -2.53. The highest BCUT2D eigenvalue weighted by molar-refractivity contribution is 5.81. The summed E-state index contributed by atoms with van der Waals surface area (Å²) in [4.78, 5) is 26.5. The predicted molar refractivity (Wildman–Crippen MR) is 126 cm³/mol. The number of esters is 1. The summed E-state index contributed by atoms with van der Waals surface area (Å²) in [6.07, 6.45) is 5.06. The highest BCUT2D eigenvalue weighted by atomic mass is 16.6. The van der Waals surface area contributed by atoms with Crippen LogP contribution < -0.4 is 0 Å². The Morgan fingerprint density at radius 2 is 1.55 bits per heavy atom. The number of rotatable bonds is 9. The van der Waals surface area contributed by atoms with Crippen molar-refractivity contribution < 1.29 is 23.8 Å². The highest BCUT2D eigenvalue weighted by Gasteiger charge is 2.37. The van der Waals surface area contributed by atoms with Gasteiger partial charge in [-0.25, -0.2) is 9.59 Å². The third-order valence-electron chi connectivity index (χ3n) is 5.84. The Balaban J connectivity index is 1.69. The Labute approximate surface area is 196 Å². The third kappa shape index (κ3) is 7.75. The molecular weight excluding hydrogens is 418 g/mol. The summed E-state index contributed by atoms with van der Waals surface area (Å²) in [7, 11) is 1.35. The summed E-state index contributed by atoms with van der Waals surface area (Å²) in [6.45, 7) is 3.32. The van der Waals surface area contributed by atoms with Crippen LogP contribution in [-0.4, -0.2) is 42.8 Å². The van der Waals surface area contributed by atoms with Crippen LogP contribution in [0.1, 0.15) is 37.3 Å². The van der Waals surface area contributed by atoms with Crippen molar-refractivity contribution in [3.05, 3.63) is 83.9 Å². The number of ether oxygens (including phenoxy) is 3. The van der Waals surface area contributed by atoms with Crippen LogP contribution in [-0.2, 0) is 32.2 Å². The second-order valence-corrected chi connectivity index (χ2v) is 8.49. The molecule has 0 saturated carbocycles. The van der Waals surface area contributed by atoms with Crippen molar-refractivity contribution in [3.63, 3.8) is 0 Å². The van der Waals surface area contributed by atoms with Gasteiger partial charge >= 0.3 is 12.1 Å². The van der Waals surface area contributed by atoms with E-state index in [1.54, 1.807) is 6.08 Å². The minimum atomic E-state index is -0.403. The summed E-state index contributed by atoms with van der Waals surface area (Å²) in [5.74, 6) is 0.0184. The van der Waals surface area contributed by atoms with Gasteiger partial charge in [0.05, 0.1) is 26.4 Å². The molecule has 1 aliphatic heterocycles. The van der Waals surface area contributed by atoms with Gasteiger partial charge in [-0.05, 0) is 36.3 Å². The lowest BCUT2D eigenvalue weighted by Gasteiger charge is -2.43. The minimum absolute atomic E-state index is 0.0803. The first-order valence-electron chi connectivity index (χ1n) is 11.4. The Morgan fingerprint density at radius 3 is 2.18 bits per heavy atom. The fourth-order valence-electron chi connectivity index (χ4n) is 4.28. The van der Waals surface area contributed by atoms with Gasteiger partial charge in [-0.2, -0.15) is 0 Å².